The van der Waals surface area contributed by atoms with E-state index in [1.807, 2.05) is 17.5 Å². The Labute approximate surface area is 159 Å². The van der Waals surface area contributed by atoms with Crippen LogP contribution < -0.4 is 4.72 Å². The van der Waals surface area contributed by atoms with Gasteiger partial charge in [-0.2, -0.15) is 13.2 Å². The van der Waals surface area contributed by atoms with Crippen molar-refractivity contribution in [2.45, 2.75) is 17.6 Å². The Morgan fingerprint density at radius 1 is 1.26 bits per heavy atom. The van der Waals surface area contributed by atoms with Crippen LogP contribution in [0.2, 0.25) is 0 Å². The highest BCUT2D eigenvalue weighted by atomic mass is 32.2. The van der Waals surface area contributed by atoms with Crippen LogP contribution in [0.25, 0.3) is 0 Å². The predicted octanol–water partition coefficient (Wildman–Crippen LogP) is 3.26. The van der Waals surface area contributed by atoms with Crippen molar-refractivity contribution in [1.29, 1.82) is 0 Å². The van der Waals surface area contributed by atoms with Gasteiger partial charge >= 0.3 is 6.18 Å². The fraction of sp³-hybridized carbons (Fsp3) is 0.235. The van der Waals surface area contributed by atoms with E-state index in [0.29, 0.717) is 6.07 Å². The molecule has 5 nitrogen and oxygen atoms in total. The molecule has 2 aromatic rings. The monoisotopic (exact) mass is 418 g/mol. The summed E-state index contributed by atoms with van der Waals surface area (Å²) in [6.07, 6.45) is -3.16. The number of carbonyl (C=O) groups excluding carboxylic acids is 1. The minimum absolute atomic E-state index is 0.210. The fourth-order valence-corrected chi connectivity index (χ4v) is 3.93. The third kappa shape index (κ3) is 5.91. The first-order valence-electron chi connectivity index (χ1n) is 7.71. The molecular weight excluding hydrogens is 401 g/mol. The fourth-order valence-electron chi connectivity index (χ4n) is 2.19. The van der Waals surface area contributed by atoms with Crippen molar-refractivity contribution in [3.63, 3.8) is 0 Å². The Morgan fingerprint density at radius 2 is 2.00 bits per heavy atom. The number of halogens is 3. The lowest BCUT2D eigenvalue weighted by Crippen LogP contribution is -2.39. The molecule has 0 atom stereocenters. The lowest BCUT2D eigenvalue weighted by molar-refractivity contribution is -0.137. The molecule has 1 amide bonds. The van der Waals surface area contributed by atoms with Gasteiger partial charge in [0.05, 0.1) is 23.5 Å². The molecule has 2 rings (SSSR count). The summed E-state index contributed by atoms with van der Waals surface area (Å²) in [4.78, 5) is 14.1. The van der Waals surface area contributed by atoms with Gasteiger partial charge in [-0.05, 0) is 29.6 Å². The van der Waals surface area contributed by atoms with Crippen LogP contribution in [0.4, 0.5) is 13.2 Å². The van der Waals surface area contributed by atoms with E-state index in [1.165, 1.54) is 22.3 Å². The Bertz CT molecular complexity index is 894. The predicted molar refractivity (Wildman–Crippen MR) is 96.6 cm³/mol. The molecule has 0 aliphatic heterocycles. The summed E-state index contributed by atoms with van der Waals surface area (Å²) >= 11 is 1.45. The summed E-state index contributed by atoms with van der Waals surface area (Å²) < 4.78 is 64.8. The Morgan fingerprint density at radius 3 is 2.59 bits per heavy atom. The van der Waals surface area contributed by atoms with Crippen LogP contribution in [0.5, 0.6) is 0 Å². The molecule has 0 saturated carbocycles. The van der Waals surface area contributed by atoms with Crippen LogP contribution in [-0.2, 0) is 27.5 Å². The van der Waals surface area contributed by atoms with Gasteiger partial charge in [-0.15, -0.1) is 17.9 Å². The van der Waals surface area contributed by atoms with E-state index < -0.39 is 39.1 Å². The second-order valence-electron chi connectivity index (χ2n) is 5.49. The smallest absolute Gasteiger partial charge is 0.333 e. The van der Waals surface area contributed by atoms with E-state index in [2.05, 4.69) is 11.3 Å². The second-order valence-corrected chi connectivity index (χ2v) is 8.29. The quantitative estimate of drug-likeness (QED) is 0.670. The number of sulfonamides is 1. The zero-order valence-corrected chi connectivity index (χ0v) is 15.7. The summed E-state index contributed by atoms with van der Waals surface area (Å²) in [5.74, 6) is -0.515. The standard InChI is InChI=1S/C17H17F3N2O3S2/c1-2-8-22(12-14-6-4-9-26-14)16(23)11-21-27(24,25)15-7-3-5-13(10-15)17(18,19)20/h2-7,9-10,21H,1,8,11-12H2. The first-order chi connectivity index (χ1) is 12.6. The molecule has 0 bridgehead atoms. The van der Waals surface area contributed by atoms with Gasteiger partial charge in [-0.1, -0.05) is 18.2 Å². The number of nitrogens with one attached hydrogen (secondary N) is 1. The minimum atomic E-state index is -4.66. The number of rotatable bonds is 8. The molecule has 0 unspecified atom stereocenters. The average Bonchev–Trinajstić information content (AvgIpc) is 3.12. The minimum Gasteiger partial charge on any atom is -0.333 e. The highest BCUT2D eigenvalue weighted by Gasteiger charge is 2.31. The number of thiophene rings is 1. The van der Waals surface area contributed by atoms with Crippen LogP contribution in [0.3, 0.4) is 0 Å². The van der Waals surface area contributed by atoms with Crippen LogP contribution in [0.1, 0.15) is 10.4 Å². The second kappa shape index (κ2) is 8.68. The normalized spacial score (nSPS) is 12.0. The maximum atomic E-state index is 12.8. The van der Waals surface area contributed by atoms with Crippen LogP contribution in [0, 0.1) is 0 Å². The molecule has 1 N–H and O–H groups in total. The summed E-state index contributed by atoms with van der Waals surface area (Å²) in [6.45, 7) is 3.49. The lowest BCUT2D eigenvalue weighted by atomic mass is 10.2. The SMILES string of the molecule is C=CCN(Cc1cccs1)C(=O)CNS(=O)(=O)c1cccc(C(F)(F)F)c1. The van der Waals surface area contributed by atoms with Gasteiger partial charge in [0.1, 0.15) is 0 Å². The number of amides is 1. The van der Waals surface area contributed by atoms with Gasteiger partial charge in [0.2, 0.25) is 15.9 Å². The molecule has 0 radical (unpaired) electrons. The zero-order chi connectivity index (χ0) is 20.1. The number of carbonyl (C=O) groups is 1. The van der Waals surface area contributed by atoms with Crippen molar-refractivity contribution >= 4 is 27.3 Å². The van der Waals surface area contributed by atoms with Crippen molar-refractivity contribution in [3.05, 3.63) is 64.9 Å². The molecule has 0 spiro atoms. The molecule has 0 fully saturated rings. The average molecular weight is 418 g/mol. The molecule has 10 heteroatoms. The highest BCUT2D eigenvalue weighted by Crippen LogP contribution is 2.30. The molecule has 1 heterocycles. The molecule has 27 heavy (non-hydrogen) atoms. The van der Waals surface area contributed by atoms with Gasteiger partial charge < -0.3 is 4.90 Å². The molecular formula is C17H17F3N2O3S2. The molecule has 1 aromatic heterocycles. The lowest BCUT2D eigenvalue weighted by Gasteiger charge is -2.20. The number of hydrogen-bond acceptors (Lipinski definition) is 4. The maximum Gasteiger partial charge on any atom is 0.416 e. The van der Waals surface area contributed by atoms with Crippen molar-refractivity contribution < 1.29 is 26.4 Å². The summed E-state index contributed by atoms with van der Waals surface area (Å²) in [5, 5.41) is 1.85. The van der Waals surface area contributed by atoms with E-state index in [1.54, 1.807) is 0 Å². The van der Waals surface area contributed by atoms with Crippen molar-refractivity contribution in [1.82, 2.24) is 9.62 Å². The topological polar surface area (TPSA) is 66.5 Å². The first kappa shape index (κ1) is 21.1. The van der Waals surface area contributed by atoms with Crippen molar-refractivity contribution in [3.8, 4) is 0 Å². The molecule has 146 valence electrons. The first-order valence-corrected chi connectivity index (χ1v) is 10.1. The Hall–Kier alpha value is -2.17. The van der Waals surface area contributed by atoms with Gasteiger partial charge in [0.25, 0.3) is 0 Å². The third-order valence-corrected chi connectivity index (χ3v) is 5.77. The van der Waals surface area contributed by atoms with Gasteiger partial charge in [-0.25, -0.2) is 13.1 Å². The summed E-state index contributed by atoms with van der Waals surface area (Å²) in [5.41, 5.74) is -1.08. The Kier molecular flexibility index (Phi) is 6.79. The molecule has 0 aliphatic carbocycles. The highest BCUT2D eigenvalue weighted by molar-refractivity contribution is 7.89. The van der Waals surface area contributed by atoms with E-state index in [0.717, 1.165) is 23.1 Å². The number of hydrogen-bond donors (Lipinski definition) is 1. The van der Waals surface area contributed by atoms with Gasteiger partial charge in [-0.3, -0.25) is 4.79 Å². The van der Waals surface area contributed by atoms with Crippen LogP contribution >= 0.6 is 11.3 Å². The molecule has 0 aliphatic rings. The molecule has 0 saturated heterocycles. The summed E-state index contributed by atoms with van der Waals surface area (Å²) in [7, 11) is -4.27. The number of nitrogens with zero attached hydrogens (tertiary/aromatic N) is 1. The van der Waals surface area contributed by atoms with Crippen molar-refractivity contribution in [2.24, 2.45) is 0 Å². The van der Waals surface area contributed by atoms with E-state index in [-0.39, 0.29) is 13.1 Å². The number of alkyl halides is 3. The number of benzene rings is 1. The van der Waals surface area contributed by atoms with Crippen LogP contribution in [0.15, 0.2) is 59.3 Å². The zero-order valence-electron chi connectivity index (χ0n) is 14.1. The third-order valence-electron chi connectivity index (χ3n) is 3.51. The Balaban J connectivity index is 2.08. The van der Waals surface area contributed by atoms with E-state index in [4.69, 9.17) is 0 Å². The van der Waals surface area contributed by atoms with Gasteiger partial charge in [0, 0.05) is 11.4 Å². The van der Waals surface area contributed by atoms with E-state index >= 15 is 0 Å². The summed E-state index contributed by atoms with van der Waals surface area (Å²) in [6, 6.07) is 7.00. The van der Waals surface area contributed by atoms with E-state index in [9.17, 15) is 26.4 Å². The largest absolute Gasteiger partial charge is 0.416 e. The van der Waals surface area contributed by atoms with Crippen LogP contribution in [-0.4, -0.2) is 32.3 Å². The maximum absolute atomic E-state index is 12.8. The van der Waals surface area contributed by atoms with Gasteiger partial charge in [0.15, 0.2) is 0 Å². The van der Waals surface area contributed by atoms with Crippen molar-refractivity contribution in [2.75, 3.05) is 13.1 Å². The molecule has 1 aromatic carbocycles.